The monoisotopic (exact) mass is 318 g/mol. The highest BCUT2D eigenvalue weighted by molar-refractivity contribution is 6.39. The van der Waals surface area contributed by atoms with Gasteiger partial charge in [0, 0.05) is 18.8 Å². The van der Waals surface area contributed by atoms with Crippen molar-refractivity contribution < 1.29 is 19.1 Å². The Morgan fingerprint density at radius 2 is 1.78 bits per heavy atom. The summed E-state index contributed by atoms with van der Waals surface area (Å²) in [4.78, 5) is 37.3. The molecule has 0 aromatic heterocycles. The molecule has 1 aromatic carbocycles. The van der Waals surface area contributed by atoms with E-state index in [1.165, 1.54) is 0 Å². The molecule has 0 saturated carbocycles. The van der Waals surface area contributed by atoms with E-state index in [1.807, 2.05) is 0 Å². The molecule has 0 atom stereocenters. The van der Waals surface area contributed by atoms with Gasteiger partial charge in [0.2, 0.25) is 0 Å². The zero-order valence-electron chi connectivity index (χ0n) is 13.5. The molecule has 1 N–H and O–H groups in total. The zero-order valence-corrected chi connectivity index (χ0v) is 13.5. The summed E-state index contributed by atoms with van der Waals surface area (Å²) in [5, 5.41) is 2.57. The number of hydrogen-bond acceptors (Lipinski definition) is 4. The number of carbonyl (C=O) groups is 3. The highest BCUT2D eigenvalue weighted by Gasteiger charge is 2.25. The van der Waals surface area contributed by atoms with Gasteiger partial charge in [0.15, 0.2) is 0 Å². The number of rotatable bonds is 3. The van der Waals surface area contributed by atoms with Gasteiger partial charge in [0.25, 0.3) is 0 Å². The Morgan fingerprint density at radius 1 is 1.17 bits per heavy atom. The first-order valence-corrected chi connectivity index (χ1v) is 7.88. The SMILES string of the molecule is CCOC(=O)c1ccc(NC(=O)C(=O)N2CCC(C)CC2)cc1. The van der Waals surface area contributed by atoms with Crippen molar-refractivity contribution >= 4 is 23.5 Å². The molecule has 6 heteroatoms. The Morgan fingerprint density at radius 3 is 2.35 bits per heavy atom. The summed E-state index contributed by atoms with van der Waals surface area (Å²) in [7, 11) is 0. The maximum absolute atomic E-state index is 12.1. The molecule has 0 aliphatic carbocycles. The summed E-state index contributed by atoms with van der Waals surface area (Å²) in [6.07, 6.45) is 1.85. The quantitative estimate of drug-likeness (QED) is 0.684. The number of hydrogen-bond donors (Lipinski definition) is 1. The van der Waals surface area contributed by atoms with Crippen LogP contribution in [0.3, 0.4) is 0 Å². The van der Waals surface area contributed by atoms with Crippen LogP contribution < -0.4 is 5.32 Å². The molecule has 1 aromatic rings. The first kappa shape index (κ1) is 17.0. The van der Waals surface area contributed by atoms with Crippen molar-refractivity contribution in [3.8, 4) is 0 Å². The van der Waals surface area contributed by atoms with Crippen molar-refractivity contribution in [1.29, 1.82) is 0 Å². The van der Waals surface area contributed by atoms with Gasteiger partial charge >= 0.3 is 17.8 Å². The molecule has 23 heavy (non-hydrogen) atoms. The van der Waals surface area contributed by atoms with Crippen molar-refractivity contribution in [3.05, 3.63) is 29.8 Å². The van der Waals surface area contributed by atoms with Crippen molar-refractivity contribution in [1.82, 2.24) is 4.90 Å². The fourth-order valence-electron chi connectivity index (χ4n) is 2.44. The van der Waals surface area contributed by atoms with Gasteiger partial charge in [0.05, 0.1) is 12.2 Å². The number of piperidine rings is 1. The lowest BCUT2D eigenvalue weighted by Crippen LogP contribution is -2.43. The van der Waals surface area contributed by atoms with E-state index in [1.54, 1.807) is 36.1 Å². The Hall–Kier alpha value is -2.37. The molecular formula is C17H22N2O4. The van der Waals surface area contributed by atoms with E-state index in [4.69, 9.17) is 4.74 Å². The van der Waals surface area contributed by atoms with E-state index < -0.39 is 17.8 Å². The normalized spacial score (nSPS) is 15.1. The average Bonchev–Trinajstić information content (AvgIpc) is 2.55. The third kappa shape index (κ3) is 4.55. The summed E-state index contributed by atoms with van der Waals surface area (Å²) < 4.78 is 4.89. The van der Waals surface area contributed by atoms with Gasteiger partial charge < -0.3 is 15.0 Å². The molecular weight excluding hydrogens is 296 g/mol. The van der Waals surface area contributed by atoms with Crippen LogP contribution in [0.25, 0.3) is 0 Å². The third-order valence-electron chi connectivity index (χ3n) is 3.92. The first-order chi connectivity index (χ1) is 11.0. The van der Waals surface area contributed by atoms with Gasteiger partial charge in [-0.05, 0) is 49.9 Å². The van der Waals surface area contributed by atoms with Crippen molar-refractivity contribution in [2.24, 2.45) is 5.92 Å². The lowest BCUT2D eigenvalue weighted by atomic mass is 9.99. The number of anilines is 1. The second-order valence-corrected chi connectivity index (χ2v) is 5.73. The van der Waals surface area contributed by atoms with Gasteiger partial charge in [0.1, 0.15) is 0 Å². The summed E-state index contributed by atoms with van der Waals surface area (Å²) in [6, 6.07) is 6.27. The zero-order chi connectivity index (χ0) is 16.8. The van der Waals surface area contributed by atoms with Crippen LogP contribution in [0, 0.1) is 5.92 Å². The minimum atomic E-state index is -0.650. The van der Waals surface area contributed by atoms with Crippen LogP contribution in [0.2, 0.25) is 0 Å². The molecule has 1 saturated heterocycles. The predicted octanol–water partition coefficient (Wildman–Crippen LogP) is 2.06. The molecule has 1 fully saturated rings. The number of amides is 2. The minimum Gasteiger partial charge on any atom is -0.462 e. The third-order valence-corrected chi connectivity index (χ3v) is 3.92. The lowest BCUT2D eigenvalue weighted by Gasteiger charge is -2.29. The number of esters is 1. The lowest BCUT2D eigenvalue weighted by molar-refractivity contribution is -0.144. The largest absolute Gasteiger partial charge is 0.462 e. The second kappa shape index (κ2) is 7.76. The number of ether oxygens (including phenoxy) is 1. The highest BCUT2D eigenvalue weighted by atomic mass is 16.5. The van der Waals surface area contributed by atoms with Crippen molar-refractivity contribution in [2.45, 2.75) is 26.7 Å². The molecule has 2 rings (SSSR count). The van der Waals surface area contributed by atoms with E-state index >= 15 is 0 Å². The van der Waals surface area contributed by atoms with E-state index in [0.29, 0.717) is 36.9 Å². The van der Waals surface area contributed by atoms with Crippen LogP contribution in [0.1, 0.15) is 37.0 Å². The Labute approximate surface area is 135 Å². The van der Waals surface area contributed by atoms with Crippen LogP contribution >= 0.6 is 0 Å². The Balaban J connectivity index is 1.92. The molecule has 124 valence electrons. The fourth-order valence-corrected chi connectivity index (χ4v) is 2.44. The van der Waals surface area contributed by atoms with Gasteiger partial charge in [-0.2, -0.15) is 0 Å². The molecule has 0 radical (unpaired) electrons. The molecule has 0 spiro atoms. The standard InChI is InChI=1S/C17H22N2O4/c1-3-23-17(22)13-4-6-14(7-5-13)18-15(20)16(21)19-10-8-12(2)9-11-19/h4-7,12H,3,8-11H2,1-2H3,(H,18,20). The van der Waals surface area contributed by atoms with E-state index in [2.05, 4.69) is 12.2 Å². The Bertz CT molecular complexity index is 575. The molecule has 1 aliphatic rings. The van der Waals surface area contributed by atoms with Gasteiger partial charge in [-0.3, -0.25) is 9.59 Å². The number of nitrogens with zero attached hydrogens (tertiary/aromatic N) is 1. The number of carbonyl (C=O) groups excluding carboxylic acids is 3. The van der Waals surface area contributed by atoms with Crippen molar-refractivity contribution in [3.63, 3.8) is 0 Å². The van der Waals surface area contributed by atoms with E-state index in [0.717, 1.165) is 12.8 Å². The highest BCUT2D eigenvalue weighted by Crippen LogP contribution is 2.16. The number of likely N-dealkylation sites (tertiary alicyclic amines) is 1. The number of benzene rings is 1. The van der Waals surface area contributed by atoms with Crippen LogP contribution in [-0.4, -0.2) is 42.4 Å². The van der Waals surface area contributed by atoms with Gasteiger partial charge in [-0.15, -0.1) is 0 Å². The summed E-state index contributed by atoms with van der Waals surface area (Å²) in [5.41, 5.74) is 0.878. The predicted molar refractivity (Wildman–Crippen MR) is 86.0 cm³/mol. The van der Waals surface area contributed by atoms with Gasteiger partial charge in [-0.25, -0.2) is 4.79 Å². The molecule has 2 amide bonds. The topological polar surface area (TPSA) is 75.7 Å². The van der Waals surface area contributed by atoms with Crippen molar-refractivity contribution in [2.75, 3.05) is 25.0 Å². The van der Waals surface area contributed by atoms with Crippen LogP contribution in [0.4, 0.5) is 5.69 Å². The Kier molecular flexibility index (Phi) is 5.73. The smallest absolute Gasteiger partial charge is 0.338 e. The van der Waals surface area contributed by atoms with Gasteiger partial charge in [-0.1, -0.05) is 6.92 Å². The van der Waals surface area contributed by atoms with Crippen LogP contribution in [-0.2, 0) is 14.3 Å². The first-order valence-electron chi connectivity index (χ1n) is 7.88. The molecule has 0 bridgehead atoms. The molecule has 1 aliphatic heterocycles. The molecule has 6 nitrogen and oxygen atoms in total. The summed E-state index contributed by atoms with van der Waals surface area (Å²) >= 11 is 0. The summed E-state index contributed by atoms with van der Waals surface area (Å²) in [6.45, 7) is 5.43. The fraction of sp³-hybridized carbons (Fsp3) is 0.471. The molecule has 0 unspecified atom stereocenters. The molecule has 1 heterocycles. The maximum Gasteiger partial charge on any atom is 0.338 e. The number of nitrogens with one attached hydrogen (secondary N) is 1. The van der Waals surface area contributed by atoms with E-state index in [9.17, 15) is 14.4 Å². The minimum absolute atomic E-state index is 0.306. The summed E-state index contributed by atoms with van der Waals surface area (Å²) in [5.74, 6) is -0.976. The van der Waals surface area contributed by atoms with Crippen LogP contribution in [0.15, 0.2) is 24.3 Å². The van der Waals surface area contributed by atoms with Crippen LogP contribution in [0.5, 0.6) is 0 Å². The average molecular weight is 318 g/mol. The van der Waals surface area contributed by atoms with E-state index in [-0.39, 0.29) is 0 Å². The maximum atomic E-state index is 12.1. The second-order valence-electron chi connectivity index (χ2n) is 5.73.